The fraction of sp³-hybridized carbons (Fsp3) is 0.714. The van der Waals surface area contributed by atoms with Crippen molar-refractivity contribution in [2.24, 2.45) is 0 Å². The van der Waals surface area contributed by atoms with E-state index in [9.17, 15) is 4.79 Å². The lowest BCUT2D eigenvalue weighted by atomic mass is 10.1. The molecule has 3 N–H and O–H groups in total. The molecule has 0 saturated carbocycles. The molecule has 1 unspecified atom stereocenters. The van der Waals surface area contributed by atoms with E-state index in [0.717, 1.165) is 0 Å². The highest BCUT2D eigenvalue weighted by atomic mass is 32.1. The quantitative estimate of drug-likeness (QED) is 0.894. The average Bonchev–Trinajstić information content (AvgIpc) is 2.65. The van der Waals surface area contributed by atoms with Crippen LogP contribution in [-0.4, -0.2) is 46.6 Å². The van der Waals surface area contributed by atoms with Crippen LogP contribution in [0.25, 0.3) is 0 Å². The van der Waals surface area contributed by atoms with E-state index in [1.165, 1.54) is 11.3 Å². The van der Waals surface area contributed by atoms with Gasteiger partial charge in [0.2, 0.25) is 0 Å². The Morgan fingerprint density at radius 1 is 1.57 bits per heavy atom. The maximum Gasteiger partial charge on any atom is 0.268 e. The maximum atomic E-state index is 12.7. The van der Waals surface area contributed by atoms with Crippen molar-refractivity contribution in [1.29, 1.82) is 0 Å². The summed E-state index contributed by atoms with van der Waals surface area (Å²) in [5.41, 5.74) is 5.57. The van der Waals surface area contributed by atoms with Crippen LogP contribution in [0.15, 0.2) is 0 Å². The highest BCUT2D eigenvalue weighted by Gasteiger charge is 2.35. The first-order valence-electron chi connectivity index (χ1n) is 7.18. The van der Waals surface area contributed by atoms with Gasteiger partial charge in [0.25, 0.3) is 5.91 Å². The third-order valence-electron chi connectivity index (χ3n) is 3.12. The van der Waals surface area contributed by atoms with E-state index < -0.39 is 0 Å². The van der Waals surface area contributed by atoms with Gasteiger partial charge in [0.1, 0.15) is 10.7 Å². The lowest BCUT2D eigenvalue weighted by Crippen LogP contribution is -2.53. The third-order valence-corrected chi connectivity index (χ3v) is 4.11. The van der Waals surface area contributed by atoms with Crippen molar-refractivity contribution in [3.63, 3.8) is 0 Å². The molecule has 1 atom stereocenters. The number of ether oxygens (including phenoxy) is 1. The number of carbonyl (C=O) groups is 1. The number of anilines is 2. The zero-order chi connectivity index (χ0) is 15.8. The van der Waals surface area contributed by atoms with Gasteiger partial charge in [-0.05, 0) is 34.6 Å². The van der Waals surface area contributed by atoms with Gasteiger partial charge in [-0.2, -0.15) is 0 Å². The third kappa shape index (κ3) is 3.85. The maximum absolute atomic E-state index is 12.7. The number of nitrogens with one attached hydrogen (secondary N) is 1. The predicted octanol–water partition coefficient (Wildman–Crippen LogP) is 2.19. The Kier molecular flexibility index (Phi) is 4.43. The normalized spacial score (nSPS) is 21.6. The minimum absolute atomic E-state index is 0.0140. The van der Waals surface area contributed by atoms with Crippen LogP contribution in [-0.2, 0) is 4.74 Å². The summed E-state index contributed by atoms with van der Waals surface area (Å²) >= 11 is 1.31. The molecule has 1 saturated heterocycles. The Bertz CT molecular complexity index is 527. The number of nitrogen functional groups attached to an aromatic ring is 1. The lowest BCUT2D eigenvalue weighted by molar-refractivity contribution is -0.118. The van der Waals surface area contributed by atoms with Crippen LogP contribution < -0.4 is 11.1 Å². The van der Waals surface area contributed by atoms with Crippen molar-refractivity contribution in [1.82, 2.24) is 9.88 Å². The molecule has 1 fully saturated rings. The number of rotatable bonds is 3. The number of amides is 1. The highest BCUT2D eigenvalue weighted by molar-refractivity contribution is 7.18. The van der Waals surface area contributed by atoms with Crippen molar-refractivity contribution in [3.8, 4) is 0 Å². The molecule has 0 bridgehead atoms. The van der Waals surface area contributed by atoms with Crippen LogP contribution in [0.1, 0.15) is 44.3 Å². The Hall–Kier alpha value is -1.34. The summed E-state index contributed by atoms with van der Waals surface area (Å²) in [5, 5.41) is 3.87. The highest BCUT2D eigenvalue weighted by Crippen LogP contribution is 2.29. The topological polar surface area (TPSA) is 80.5 Å². The van der Waals surface area contributed by atoms with Gasteiger partial charge in [-0.15, -0.1) is 0 Å². The summed E-state index contributed by atoms with van der Waals surface area (Å²) in [5.74, 6) is 0.232. The standard InChI is InChI=1S/C14H24N4O2S/c1-8(2)16-13-17-11(15)10(21-13)12(19)18-6-9(3)20-14(4,5)7-18/h8-9H,6-7,15H2,1-5H3,(H,16,17). The molecule has 1 aliphatic heterocycles. The Morgan fingerprint density at radius 2 is 2.24 bits per heavy atom. The van der Waals surface area contributed by atoms with Crippen molar-refractivity contribution in [3.05, 3.63) is 4.88 Å². The van der Waals surface area contributed by atoms with Crippen molar-refractivity contribution in [2.75, 3.05) is 24.1 Å². The van der Waals surface area contributed by atoms with Gasteiger partial charge in [-0.25, -0.2) is 4.98 Å². The summed E-state index contributed by atoms with van der Waals surface area (Å²) in [6, 6.07) is 0.251. The van der Waals surface area contributed by atoms with Gasteiger partial charge in [0, 0.05) is 19.1 Å². The number of hydrogen-bond acceptors (Lipinski definition) is 6. The molecule has 0 radical (unpaired) electrons. The van der Waals surface area contributed by atoms with Gasteiger partial charge >= 0.3 is 0 Å². The molecule has 21 heavy (non-hydrogen) atoms. The average molecular weight is 312 g/mol. The first kappa shape index (κ1) is 16.0. The number of hydrogen-bond donors (Lipinski definition) is 2. The smallest absolute Gasteiger partial charge is 0.268 e. The van der Waals surface area contributed by atoms with E-state index in [1.54, 1.807) is 4.90 Å². The van der Waals surface area contributed by atoms with Crippen LogP contribution in [0.4, 0.5) is 10.9 Å². The van der Waals surface area contributed by atoms with E-state index in [4.69, 9.17) is 10.5 Å². The molecular formula is C14H24N4O2S. The van der Waals surface area contributed by atoms with Crippen molar-refractivity contribution >= 4 is 28.2 Å². The fourth-order valence-electron chi connectivity index (χ4n) is 2.55. The minimum Gasteiger partial charge on any atom is -0.382 e. The molecular weight excluding hydrogens is 288 g/mol. The van der Waals surface area contributed by atoms with Gasteiger partial charge in [-0.1, -0.05) is 11.3 Å². The summed E-state index contributed by atoms with van der Waals surface area (Å²) in [7, 11) is 0. The second-order valence-corrected chi connectivity index (χ2v) is 7.41. The minimum atomic E-state index is -0.341. The summed E-state index contributed by atoms with van der Waals surface area (Å²) in [6.45, 7) is 11.1. The molecule has 1 amide bonds. The molecule has 6 nitrogen and oxygen atoms in total. The van der Waals surface area contributed by atoms with E-state index in [0.29, 0.717) is 28.9 Å². The van der Waals surface area contributed by atoms with Crippen LogP contribution in [0.2, 0.25) is 0 Å². The van der Waals surface area contributed by atoms with Gasteiger partial charge in [0.15, 0.2) is 5.13 Å². The molecule has 7 heteroatoms. The Morgan fingerprint density at radius 3 is 2.81 bits per heavy atom. The number of nitrogens with two attached hydrogens (primary N) is 1. The van der Waals surface area contributed by atoms with E-state index in [1.807, 2.05) is 34.6 Å². The van der Waals surface area contributed by atoms with Crippen LogP contribution in [0.3, 0.4) is 0 Å². The zero-order valence-corrected chi connectivity index (χ0v) is 14.1. The molecule has 2 heterocycles. The van der Waals surface area contributed by atoms with E-state index in [-0.39, 0.29) is 23.7 Å². The number of morpholine rings is 1. The molecule has 0 aromatic carbocycles. The molecule has 1 aliphatic rings. The van der Waals surface area contributed by atoms with Crippen molar-refractivity contribution in [2.45, 2.75) is 52.4 Å². The summed E-state index contributed by atoms with van der Waals surface area (Å²) in [6.07, 6.45) is 0.0140. The largest absolute Gasteiger partial charge is 0.382 e. The van der Waals surface area contributed by atoms with Crippen LogP contribution in [0.5, 0.6) is 0 Å². The van der Waals surface area contributed by atoms with Gasteiger partial charge in [0.05, 0.1) is 11.7 Å². The summed E-state index contributed by atoms with van der Waals surface area (Å²) in [4.78, 5) is 19.2. The fourth-order valence-corrected chi connectivity index (χ4v) is 3.54. The van der Waals surface area contributed by atoms with Crippen LogP contribution in [0, 0.1) is 0 Å². The van der Waals surface area contributed by atoms with Crippen LogP contribution >= 0.6 is 11.3 Å². The molecule has 118 valence electrons. The number of nitrogens with zero attached hydrogens (tertiary/aromatic N) is 2. The van der Waals surface area contributed by atoms with Gasteiger partial charge < -0.3 is 20.7 Å². The molecule has 1 aromatic rings. The molecule has 2 rings (SSSR count). The number of thiazole rings is 1. The monoisotopic (exact) mass is 312 g/mol. The van der Waals surface area contributed by atoms with Gasteiger partial charge in [-0.3, -0.25) is 4.79 Å². The van der Waals surface area contributed by atoms with E-state index in [2.05, 4.69) is 10.3 Å². The molecule has 0 spiro atoms. The zero-order valence-electron chi connectivity index (χ0n) is 13.3. The molecule has 1 aromatic heterocycles. The Balaban J connectivity index is 2.18. The first-order chi connectivity index (χ1) is 9.68. The first-order valence-corrected chi connectivity index (χ1v) is 7.99. The lowest BCUT2D eigenvalue weighted by Gasteiger charge is -2.41. The Labute approximate surface area is 129 Å². The second kappa shape index (κ2) is 5.81. The van der Waals surface area contributed by atoms with Crippen molar-refractivity contribution < 1.29 is 9.53 Å². The number of carbonyl (C=O) groups excluding carboxylic acids is 1. The van der Waals surface area contributed by atoms with E-state index >= 15 is 0 Å². The summed E-state index contributed by atoms with van der Waals surface area (Å²) < 4.78 is 5.83. The SMILES string of the molecule is CC(C)Nc1nc(N)c(C(=O)N2CC(C)OC(C)(C)C2)s1. The predicted molar refractivity (Wildman–Crippen MR) is 85.8 cm³/mol. The second-order valence-electron chi connectivity index (χ2n) is 6.41. The molecule has 0 aliphatic carbocycles. The number of aromatic nitrogens is 1.